The van der Waals surface area contributed by atoms with Crippen LogP contribution in [0.2, 0.25) is 5.02 Å². The Balaban J connectivity index is 1.97. The minimum Gasteiger partial charge on any atom is -0.438 e. The van der Waals surface area contributed by atoms with Crippen molar-refractivity contribution in [2.45, 2.75) is 12.5 Å². The zero-order valence-electron chi connectivity index (χ0n) is 16.3. The maximum absolute atomic E-state index is 13.9. The van der Waals surface area contributed by atoms with E-state index in [1.807, 2.05) is 0 Å². The molecule has 1 aliphatic rings. The highest BCUT2D eigenvalue weighted by Gasteiger charge is 2.34. The van der Waals surface area contributed by atoms with Crippen molar-refractivity contribution < 1.29 is 31.8 Å². The number of guanidine groups is 1. The Morgan fingerprint density at radius 3 is 2.73 bits per heavy atom. The molecule has 1 unspecified atom stereocenters. The van der Waals surface area contributed by atoms with Crippen molar-refractivity contribution in [3.05, 3.63) is 58.9 Å². The number of carbonyl (C=O) groups excluding carboxylic acids is 1. The lowest BCUT2D eigenvalue weighted by atomic mass is 10.1. The first-order valence-corrected chi connectivity index (χ1v) is 9.30. The lowest BCUT2D eigenvalue weighted by Gasteiger charge is -2.16. The summed E-state index contributed by atoms with van der Waals surface area (Å²) in [5.41, 5.74) is 5.38. The van der Waals surface area contributed by atoms with Crippen molar-refractivity contribution in [3.63, 3.8) is 0 Å². The molecule has 3 rings (SSSR count). The minimum absolute atomic E-state index is 0.0111. The molecule has 14 heteroatoms. The number of hydrogen-bond donors (Lipinski definition) is 2. The van der Waals surface area contributed by atoms with Crippen LogP contribution in [-0.2, 0) is 4.74 Å². The molecule has 0 aliphatic carbocycles. The van der Waals surface area contributed by atoms with E-state index in [0.29, 0.717) is 0 Å². The van der Waals surface area contributed by atoms with Gasteiger partial charge in [-0.1, -0.05) is 23.7 Å². The van der Waals surface area contributed by atoms with Gasteiger partial charge >= 0.3 is 12.5 Å². The van der Waals surface area contributed by atoms with E-state index in [1.165, 1.54) is 24.3 Å². The van der Waals surface area contributed by atoms with Crippen LogP contribution in [0, 0.1) is 17.3 Å². The van der Waals surface area contributed by atoms with E-state index in [4.69, 9.17) is 27.3 Å². The van der Waals surface area contributed by atoms with Gasteiger partial charge < -0.3 is 15.2 Å². The van der Waals surface area contributed by atoms with Crippen LogP contribution in [-0.4, -0.2) is 41.8 Å². The summed E-state index contributed by atoms with van der Waals surface area (Å²) < 4.78 is 60.3. The maximum atomic E-state index is 13.9. The van der Waals surface area contributed by atoms with Gasteiger partial charge in [0.2, 0.25) is 5.96 Å². The Bertz CT molecular complexity index is 1160. The lowest BCUT2D eigenvalue weighted by Crippen LogP contribution is -2.38. The van der Waals surface area contributed by atoms with Crippen molar-refractivity contribution in [2.24, 2.45) is 15.8 Å². The van der Waals surface area contributed by atoms with Crippen LogP contribution in [0.15, 0.2) is 52.6 Å². The summed E-state index contributed by atoms with van der Waals surface area (Å²) in [4.78, 5) is 15.4. The summed E-state index contributed by atoms with van der Waals surface area (Å²) in [6.07, 6.45) is -5.48. The average molecular weight is 485 g/mol. The van der Waals surface area contributed by atoms with Crippen LogP contribution in [0.1, 0.15) is 5.56 Å². The molecule has 1 atom stereocenters. The normalized spacial score (nSPS) is 16.1. The van der Waals surface area contributed by atoms with Crippen LogP contribution in [0.4, 0.5) is 28.0 Å². The van der Waals surface area contributed by atoms with Gasteiger partial charge in [-0.25, -0.2) is 19.2 Å². The second-order valence-corrected chi connectivity index (χ2v) is 6.75. The smallest absolute Gasteiger partial charge is 0.438 e. The molecule has 0 radical (unpaired) electrons. The van der Waals surface area contributed by atoms with Gasteiger partial charge in [0, 0.05) is 11.6 Å². The third-order valence-electron chi connectivity index (χ3n) is 4.04. The van der Waals surface area contributed by atoms with Crippen LogP contribution in [0.5, 0.6) is 5.75 Å². The molecule has 1 aliphatic heterocycles. The van der Waals surface area contributed by atoms with Gasteiger partial charge in [0.25, 0.3) is 0 Å². The zero-order chi connectivity index (χ0) is 24.2. The Morgan fingerprint density at radius 2 is 2.09 bits per heavy atom. The van der Waals surface area contributed by atoms with E-state index in [1.54, 1.807) is 6.19 Å². The minimum atomic E-state index is -4.91. The van der Waals surface area contributed by atoms with E-state index in [-0.39, 0.29) is 34.5 Å². The molecule has 3 N–H and O–H groups in total. The number of amides is 1. The molecule has 2 aromatic carbocycles. The first kappa shape index (κ1) is 23.6. The van der Waals surface area contributed by atoms with Crippen molar-refractivity contribution in [1.82, 2.24) is 10.3 Å². The van der Waals surface area contributed by atoms with E-state index >= 15 is 0 Å². The number of nitrogens with two attached hydrogens (primary N) is 1. The fourth-order valence-electron chi connectivity index (χ4n) is 2.82. The van der Waals surface area contributed by atoms with E-state index < -0.39 is 30.1 Å². The second-order valence-electron chi connectivity index (χ2n) is 6.34. The quantitative estimate of drug-likeness (QED) is 0.224. The maximum Gasteiger partial charge on any atom is 0.573 e. The van der Waals surface area contributed by atoms with E-state index in [9.17, 15) is 22.4 Å². The van der Waals surface area contributed by atoms with Crippen molar-refractivity contribution in [3.8, 4) is 11.9 Å². The number of nitriles is 1. The Hall–Kier alpha value is -4.05. The number of rotatable bonds is 4. The van der Waals surface area contributed by atoms with Crippen molar-refractivity contribution in [2.75, 3.05) is 6.54 Å². The molecule has 9 nitrogen and oxygen atoms in total. The number of aliphatic imine (C=N–C) groups is 1. The SMILES string of the molecule is N#CNC(=Nc1cccc(OC(F)(F)F)c1)N1CC(OC(N)=O)C(c2ccc(Cl)c(F)c2)=N1. The largest absolute Gasteiger partial charge is 0.573 e. The van der Waals surface area contributed by atoms with Crippen LogP contribution in [0.3, 0.4) is 0 Å². The van der Waals surface area contributed by atoms with E-state index in [0.717, 1.165) is 23.2 Å². The number of carbonyl (C=O) groups is 1. The fraction of sp³-hybridized carbons (Fsp3) is 0.158. The number of primary amides is 1. The van der Waals surface area contributed by atoms with Gasteiger partial charge in [0.05, 0.1) is 17.3 Å². The van der Waals surface area contributed by atoms with Crippen LogP contribution >= 0.6 is 11.6 Å². The summed E-state index contributed by atoms with van der Waals surface area (Å²) in [6, 6.07) is 8.44. The number of benzene rings is 2. The summed E-state index contributed by atoms with van der Waals surface area (Å²) in [6.45, 7) is -0.186. The molecule has 0 aromatic heterocycles. The van der Waals surface area contributed by atoms with Crippen LogP contribution in [0.25, 0.3) is 0 Å². The topological polar surface area (TPSA) is 125 Å². The standard InChI is InChI=1S/C19H13ClF4N6O3/c20-13-5-4-10(6-14(13)21)16-15(32-17(26)31)8-30(29-16)18(27-9-25)28-11-2-1-3-12(7-11)33-19(22,23)24/h1-7,15H,8H2,(H2,26,31)(H,27,28). The summed E-state index contributed by atoms with van der Waals surface area (Å²) in [7, 11) is 0. The molecule has 172 valence electrons. The molecule has 1 amide bonds. The molecule has 1 heterocycles. The van der Waals surface area contributed by atoms with Gasteiger partial charge in [-0.05, 0) is 24.3 Å². The summed E-state index contributed by atoms with van der Waals surface area (Å²) in [5.74, 6) is -1.50. The second kappa shape index (κ2) is 9.61. The zero-order valence-corrected chi connectivity index (χ0v) is 17.1. The Kier molecular flexibility index (Phi) is 6.88. The third-order valence-corrected chi connectivity index (χ3v) is 4.35. The Morgan fingerprint density at radius 1 is 1.33 bits per heavy atom. The highest BCUT2D eigenvalue weighted by atomic mass is 35.5. The first-order chi connectivity index (χ1) is 15.6. The average Bonchev–Trinajstić information content (AvgIpc) is 3.12. The molecule has 33 heavy (non-hydrogen) atoms. The number of nitrogens with zero attached hydrogens (tertiary/aromatic N) is 4. The highest BCUT2D eigenvalue weighted by Crippen LogP contribution is 2.27. The van der Waals surface area contributed by atoms with Crippen LogP contribution < -0.4 is 15.8 Å². The first-order valence-electron chi connectivity index (χ1n) is 8.93. The fourth-order valence-corrected chi connectivity index (χ4v) is 2.94. The van der Waals surface area contributed by atoms with Crippen molar-refractivity contribution in [1.29, 1.82) is 5.26 Å². The summed E-state index contributed by atoms with van der Waals surface area (Å²) in [5, 5.41) is 16.5. The predicted molar refractivity (Wildman–Crippen MR) is 108 cm³/mol. The lowest BCUT2D eigenvalue weighted by molar-refractivity contribution is -0.274. The molecule has 2 aromatic rings. The number of halogens is 5. The highest BCUT2D eigenvalue weighted by molar-refractivity contribution is 6.30. The summed E-state index contributed by atoms with van der Waals surface area (Å²) >= 11 is 5.70. The molecule has 0 bridgehead atoms. The predicted octanol–water partition coefficient (Wildman–Crippen LogP) is 3.62. The number of ether oxygens (including phenoxy) is 2. The van der Waals surface area contributed by atoms with Gasteiger partial charge in [-0.3, -0.25) is 5.32 Å². The molecule has 0 saturated heterocycles. The molecular formula is C19H13ClF4N6O3. The van der Waals surface area contributed by atoms with E-state index in [2.05, 4.69) is 20.1 Å². The number of nitrogens with one attached hydrogen (secondary N) is 1. The molecular weight excluding hydrogens is 472 g/mol. The van der Waals surface area contributed by atoms with Gasteiger partial charge in [0.1, 0.15) is 17.3 Å². The van der Waals surface area contributed by atoms with Gasteiger partial charge in [-0.2, -0.15) is 10.4 Å². The van der Waals surface area contributed by atoms with Gasteiger partial charge in [-0.15, -0.1) is 13.2 Å². The van der Waals surface area contributed by atoms with Crippen molar-refractivity contribution >= 4 is 35.1 Å². The third kappa shape index (κ3) is 6.23. The molecule has 0 saturated carbocycles. The molecule has 0 spiro atoms. The number of alkyl halides is 3. The number of hydrazone groups is 1. The number of hydrogen-bond acceptors (Lipinski definition) is 6. The monoisotopic (exact) mass is 484 g/mol. The molecule has 0 fully saturated rings. The Labute approximate surface area is 188 Å². The van der Waals surface area contributed by atoms with Gasteiger partial charge in [0.15, 0.2) is 12.3 Å².